The molecule has 0 saturated heterocycles. The van der Waals surface area contributed by atoms with Crippen LogP contribution in [0.5, 0.6) is 0 Å². The Morgan fingerprint density at radius 2 is 1.71 bits per heavy atom. The molecule has 3 nitrogen and oxygen atoms in total. The van der Waals surface area contributed by atoms with E-state index in [1.165, 1.54) is 6.42 Å². The molecule has 0 bridgehead atoms. The van der Waals surface area contributed by atoms with Crippen molar-refractivity contribution in [3.05, 3.63) is 0 Å². The monoisotopic (exact) mass is 263 g/mol. The van der Waals surface area contributed by atoms with Gasteiger partial charge in [-0.2, -0.15) is 0 Å². The van der Waals surface area contributed by atoms with E-state index in [2.05, 4.69) is 26.1 Å². The number of hydrogen-bond donors (Lipinski definition) is 1. The van der Waals surface area contributed by atoms with E-state index in [1.54, 1.807) is 0 Å². The smallest absolute Gasteiger partial charge is 0.151 e. The minimum atomic E-state index is -2.82. The van der Waals surface area contributed by atoms with E-state index in [9.17, 15) is 8.42 Å². The van der Waals surface area contributed by atoms with Crippen molar-refractivity contribution in [2.24, 2.45) is 5.92 Å². The molecule has 0 unspecified atom stereocenters. The van der Waals surface area contributed by atoms with Crippen LogP contribution in [0.4, 0.5) is 0 Å². The number of nitrogens with one attached hydrogen (secondary N) is 1. The maximum Gasteiger partial charge on any atom is 0.151 e. The molecule has 17 heavy (non-hydrogen) atoms. The molecule has 0 aromatic heterocycles. The Kier molecular flexibility index (Phi) is 9.84. The third-order valence-electron chi connectivity index (χ3n) is 2.78. The van der Waals surface area contributed by atoms with Crippen molar-refractivity contribution in [2.45, 2.75) is 52.9 Å². The van der Waals surface area contributed by atoms with Gasteiger partial charge in [0.15, 0.2) is 9.84 Å². The fourth-order valence-corrected chi connectivity index (χ4v) is 2.97. The van der Waals surface area contributed by atoms with Gasteiger partial charge in [0.05, 0.1) is 11.5 Å². The van der Waals surface area contributed by atoms with Crippen LogP contribution in [-0.2, 0) is 9.84 Å². The van der Waals surface area contributed by atoms with E-state index < -0.39 is 9.84 Å². The Bertz CT molecular complexity index is 261. The highest BCUT2D eigenvalue weighted by molar-refractivity contribution is 7.91. The molecule has 0 atom stereocenters. The van der Waals surface area contributed by atoms with E-state index in [4.69, 9.17) is 0 Å². The molecule has 0 radical (unpaired) electrons. The summed E-state index contributed by atoms with van der Waals surface area (Å²) in [5, 5.41) is 3.21. The van der Waals surface area contributed by atoms with Crippen LogP contribution in [-0.4, -0.2) is 33.0 Å². The fourth-order valence-electron chi connectivity index (χ4n) is 1.66. The molecule has 0 spiro atoms. The first-order valence-corrected chi connectivity index (χ1v) is 8.71. The average molecular weight is 263 g/mol. The maximum atomic E-state index is 11.6. The summed E-state index contributed by atoms with van der Waals surface area (Å²) >= 11 is 0. The summed E-state index contributed by atoms with van der Waals surface area (Å²) < 4.78 is 23.2. The van der Waals surface area contributed by atoms with Crippen LogP contribution in [0.2, 0.25) is 0 Å². The van der Waals surface area contributed by atoms with E-state index in [0.717, 1.165) is 38.1 Å². The van der Waals surface area contributed by atoms with Crippen molar-refractivity contribution < 1.29 is 8.42 Å². The second-order valence-electron chi connectivity index (χ2n) is 5.15. The summed E-state index contributed by atoms with van der Waals surface area (Å²) in [6.45, 7) is 8.04. The van der Waals surface area contributed by atoms with Gasteiger partial charge in [-0.05, 0) is 31.7 Å². The highest BCUT2D eigenvalue weighted by Gasteiger charge is 2.09. The van der Waals surface area contributed by atoms with Crippen LogP contribution in [0.15, 0.2) is 0 Å². The predicted octanol–water partition coefficient (Wildman–Crippen LogP) is 2.62. The van der Waals surface area contributed by atoms with Crippen LogP contribution >= 0.6 is 0 Å². The van der Waals surface area contributed by atoms with Gasteiger partial charge in [-0.3, -0.25) is 0 Å². The summed E-state index contributed by atoms with van der Waals surface area (Å²) in [6.07, 6.45) is 5.24. The molecule has 4 heteroatoms. The second-order valence-corrected chi connectivity index (χ2v) is 7.45. The first kappa shape index (κ1) is 16.9. The van der Waals surface area contributed by atoms with Crippen LogP contribution in [0.25, 0.3) is 0 Å². The van der Waals surface area contributed by atoms with Crippen molar-refractivity contribution in [2.75, 3.05) is 24.6 Å². The molecule has 104 valence electrons. The van der Waals surface area contributed by atoms with Gasteiger partial charge in [0.2, 0.25) is 0 Å². The van der Waals surface area contributed by atoms with Crippen molar-refractivity contribution in [3.63, 3.8) is 0 Å². The summed E-state index contributed by atoms with van der Waals surface area (Å²) in [5.74, 6) is 1.38. The van der Waals surface area contributed by atoms with Gasteiger partial charge in [0, 0.05) is 6.54 Å². The maximum absolute atomic E-state index is 11.6. The van der Waals surface area contributed by atoms with Gasteiger partial charge in [0.25, 0.3) is 0 Å². The van der Waals surface area contributed by atoms with Gasteiger partial charge in [0.1, 0.15) is 0 Å². The zero-order valence-corrected chi connectivity index (χ0v) is 12.5. The Morgan fingerprint density at radius 3 is 2.29 bits per heavy atom. The summed E-state index contributed by atoms with van der Waals surface area (Å²) in [5.41, 5.74) is 0. The first-order chi connectivity index (χ1) is 7.98. The van der Waals surface area contributed by atoms with Gasteiger partial charge in [-0.15, -0.1) is 0 Å². The molecular formula is C13H29NO2S. The number of hydrogen-bond acceptors (Lipinski definition) is 3. The van der Waals surface area contributed by atoms with E-state index in [1.807, 2.05) is 0 Å². The third kappa shape index (κ3) is 12.2. The minimum Gasteiger partial charge on any atom is -0.316 e. The molecule has 0 aliphatic carbocycles. The van der Waals surface area contributed by atoms with Crippen molar-refractivity contribution in [1.82, 2.24) is 5.32 Å². The minimum absolute atomic E-state index is 0.290. The number of unbranched alkanes of at least 4 members (excludes halogenated alkanes) is 2. The van der Waals surface area contributed by atoms with E-state index >= 15 is 0 Å². The largest absolute Gasteiger partial charge is 0.316 e. The lowest BCUT2D eigenvalue weighted by Gasteiger charge is -2.07. The van der Waals surface area contributed by atoms with E-state index in [0.29, 0.717) is 18.1 Å². The zero-order valence-electron chi connectivity index (χ0n) is 11.7. The van der Waals surface area contributed by atoms with Gasteiger partial charge in [-0.1, -0.05) is 33.6 Å². The summed E-state index contributed by atoms with van der Waals surface area (Å²) in [7, 11) is -2.82. The molecule has 0 aliphatic heterocycles. The highest BCUT2D eigenvalue weighted by atomic mass is 32.2. The van der Waals surface area contributed by atoms with E-state index in [-0.39, 0.29) is 0 Å². The number of sulfone groups is 1. The van der Waals surface area contributed by atoms with Gasteiger partial charge in [-0.25, -0.2) is 8.42 Å². The molecule has 0 aliphatic rings. The average Bonchev–Trinajstić information content (AvgIpc) is 2.23. The molecule has 1 N–H and O–H groups in total. The van der Waals surface area contributed by atoms with Crippen LogP contribution in [0, 0.1) is 5.92 Å². The summed E-state index contributed by atoms with van der Waals surface area (Å²) in [4.78, 5) is 0. The highest BCUT2D eigenvalue weighted by Crippen LogP contribution is 2.02. The molecular weight excluding hydrogens is 234 g/mol. The first-order valence-electron chi connectivity index (χ1n) is 6.89. The number of rotatable bonds is 11. The SMILES string of the molecule is CCCCCS(=O)(=O)CCNCCCC(C)C. The molecule has 0 saturated carbocycles. The topological polar surface area (TPSA) is 46.2 Å². The lowest BCUT2D eigenvalue weighted by atomic mass is 10.1. The lowest BCUT2D eigenvalue weighted by Crippen LogP contribution is -2.25. The Hall–Kier alpha value is -0.0900. The van der Waals surface area contributed by atoms with Crippen molar-refractivity contribution in [1.29, 1.82) is 0 Å². The standard InChI is InChI=1S/C13H29NO2S/c1-4-5-6-11-17(15,16)12-10-14-9-7-8-13(2)3/h13-14H,4-12H2,1-3H3. The van der Waals surface area contributed by atoms with Crippen molar-refractivity contribution >= 4 is 9.84 Å². The Labute approximate surface area is 107 Å². The zero-order chi connectivity index (χ0) is 13.1. The molecule has 0 heterocycles. The molecule has 0 fully saturated rings. The molecule has 0 rings (SSSR count). The predicted molar refractivity (Wildman–Crippen MR) is 75.1 cm³/mol. The third-order valence-corrected chi connectivity index (χ3v) is 4.52. The fraction of sp³-hybridized carbons (Fsp3) is 1.00. The van der Waals surface area contributed by atoms with Crippen molar-refractivity contribution in [3.8, 4) is 0 Å². The molecule has 0 aromatic carbocycles. The summed E-state index contributed by atoms with van der Waals surface area (Å²) in [6, 6.07) is 0. The normalized spacial score (nSPS) is 12.2. The Balaban J connectivity index is 3.46. The lowest BCUT2D eigenvalue weighted by molar-refractivity contribution is 0.531. The molecule has 0 aromatic rings. The quantitative estimate of drug-likeness (QED) is 0.583. The molecule has 0 amide bonds. The van der Waals surface area contributed by atoms with Crippen LogP contribution < -0.4 is 5.32 Å². The van der Waals surface area contributed by atoms with Crippen LogP contribution in [0.3, 0.4) is 0 Å². The Morgan fingerprint density at radius 1 is 1.00 bits per heavy atom. The van der Waals surface area contributed by atoms with Gasteiger partial charge >= 0.3 is 0 Å². The van der Waals surface area contributed by atoms with Crippen LogP contribution in [0.1, 0.15) is 52.9 Å². The van der Waals surface area contributed by atoms with Gasteiger partial charge < -0.3 is 5.32 Å². The second kappa shape index (κ2) is 9.89.